The van der Waals surface area contributed by atoms with E-state index >= 15 is 0 Å². The zero-order chi connectivity index (χ0) is 12.0. The van der Waals surface area contributed by atoms with Crippen LogP contribution in [-0.4, -0.2) is 16.9 Å². The monoisotopic (exact) mass is 284 g/mol. The number of rotatable bonds is 5. The van der Waals surface area contributed by atoms with Crippen molar-refractivity contribution in [1.82, 2.24) is 10.3 Å². The molecule has 1 amide bonds. The van der Waals surface area contributed by atoms with Crippen LogP contribution in [0.2, 0.25) is 0 Å². The number of pyridine rings is 1. The number of hydrogen-bond donors (Lipinski definition) is 1. The second-order valence-electron chi connectivity index (χ2n) is 3.91. The van der Waals surface area contributed by atoms with Crippen LogP contribution < -0.4 is 5.32 Å². The van der Waals surface area contributed by atoms with E-state index in [4.69, 9.17) is 0 Å². The number of nitrogens with zero attached hydrogens (tertiary/aromatic N) is 1. The Morgan fingerprint density at radius 1 is 1.56 bits per heavy atom. The van der Waals surface area contributed by atoms with Crippen molar-refractivity contribution in [2.24, 2.45) is 0 Å². The molecule has 1 aromatic rings. The highest BCUT2D eigenvalue weighted by Gasteiger charge is 2.09. The van der Waals surface area contributed by atoms with Gasteiger partial charge in [-0.15, -0.1) is 0 Å². The van der Waals surface area contributed by atoms with Crippen molar-refractivity contribution in [1.29, 1.82) is 0 Å². The van der Waals surface area contributed by atoms with E-state index < -0.39 is 0 Å². The molecule has 1 rings (SSSR count). The number of hydrogen-bond acceptors (Lipinski definition) is 2. The van der Waals surface area contributed by atoms with Crippen LogP contribution in [0.15, 0.2) is 22.9 Å². The van der Waals surface area contributed by atoms with Gasteiger partial charge in [0.25, 0.3) is 5.91 Å². The molecule has 0 aromatic carbocycles. The van der Waals surface area contributed by atoms with E-state index in [1.54, 1.807) is 18.5 Å². The molecule has 4 heteroatoms. The van der Waals surface area contributed by atoms with Crippen LogP contribution in [0.4, 0.5) is 0 Å². The number of unbranched alkanes of at least 4 members (excludes halogenated alkanes) is 1. The summed E-state index contributed by atoms with van der Waals surface area (Å²) in [6.45, 7) is 4.17. The molecule has 3 nitrogen and oxygen atoms in total. The minimum atomic E-state index is -0.0580. The van der Waals surface area contributed by atoms with Crippen LogP contribution in [0, 0.1) is 0 Å². The molecule has 0 radical (unpaired) electrons. The fourth-order valence-electron chi connectivity index (χ4n) is 1.43. The maximum absolute atomic E-state index is 11.8. The molecule has 0 spiro atoms. The lowest BCUT2D eigenvalue weighted by molar-refractivity contribution is 0.0937. The normalized spacial score (nSPS) is 12.2. The molecule has 0 aliphatic carbocycles. The molecule has 1 aromatic heterocycles. The Morgan fingerprint density at radius 2 is 2.31 bits per heavy atom. The average molecular weight is 285 g/mol. The molecule has 0 aliphatic heterocycles. The van der Waals surface area contributed by atoms with Gasteiger partial charge >= 0.3 is 0 Å². The Hall–Kier alpha value is -0.900. The van der Waals surface area contributed by atoms with Crippen molar-refractivity contribution in [3.63, 3.8) is 0 Å². The summed E-state index contributed by atoms with van der Waals surface area (Å²) in [5.74, 6) is -0.0580. The fraction of sp³-hybridized carbons (Fsp3) is 0.500. The smallest absolute Gasteiger partial charge is 0.253 e. The van der Waals surface area contributed by atoms with Crippen molar-refractivity contribution in [2.75, 3.05) is 0 Å². The summed E-state index contributed by atoms with van der Waals surface area (Å²) < 4.78 is 0.821. The SMILES string of the molecule is CCCCC(C)NC(=O)c1cncc(Br)c1. The maximum atomic E-state index is 11.8. The largest absolute Gasteiger partial charge is 0.350 e. The van der Waals surface area contributed by atoms with Crippen LogP contribution in [-0.2, 0) is 0 Å². The Labute approximate surface area is 105 Å². The third-order valence-electron chi connectivity index (χ3n) is 2.34. The number of nitrogens with one attached hydrogen (secondary N) is 1. The van der Waals surface area contributed by atoms with Crippen molar-refractivity contribution in [3.05, 3.63) is 28.5 Å². The third kappa shape index (κ3) is 4.31. The number of amides is 1. The van der Waals surface area contributed by atoms with E-state index in [1.807, 2.05) is 6.92 Å². The Balaban J connectivity index is 2.52. The number of halogens is 1. The highest BCUT2D eigenvalue weighted by atomic mass is 79.9. The minimum absolute atomic E-state index is 0.0580. The summed E-state index contributed by atoms with van der Waals surface area (Å²) >= 11 is 3.30. The zero-order valence-corrected chi connectivity index (χ0v) is 11.3. The van der Waals surface area contributed by atoms with Gasteiger partial charge in [0.05, 0.1) is 5.56 Å². The Kier molecular flexibility index (Phi) is 5.46. The number of carbonyl (C=O) groups is 1. The molecule has 1 N–H and O–H groups in total. The summed E-state index contributed by atoms with van der Waals surface area (Å²) in [5.41, 5.74) is 0.595. The molecular weight excluding hydrogens is 268 g/mol. The molecule has 1 unspecified atom stereocenters. The predicted molar refractivity (Wildman–Crippen MR) is 68.4 cm³/mol. The second-order valence-corrected chi connectivity index (χ2v) is 4.82. The lowest BCUT2D eigenvalue weighted by atomic mass is 10.1. The Bertz CT molecular complexity index is 355. The van der Waals surface area contributed by atoms with Crippen LogP contribution in [0.1, 0.15) is 43.5 Å². The lowest BCUT2D eigenvalue weighted by Crippen LogP contribution is -2.32. The topological polar surface area (TPSA) is 42.0 Å². The van der Waals surface area contributed by atoms with Gasteiger partial charge in [-0.2, -0.15) is 0 Å². The standard InChI is InChI=1S/C12H17BrN2O/c1-3-4-5-9(2)15-12(16)10-6-11(13)8-14-7-10/h6-9H,3-5H2,1-2H3,(H,15,16). The van der Waals surface area contributed by atoms with Gasteiger partial charge in [0, 0.05) is 22.9 Å². The molecule has 0 aliphatic rings. The van der Waals surface area contributed by atoms with E-state index in [0.717, 1.165) is 23.7 Å². The van der Waals surface area contributed by atoms with Crippen LogP contribution in [0.5, 0.6) is 0 Å². The lowest BCUT2D eigenvalue weighted by Gasteiger charge is -2.13. The molecule has 0 saturated heterocycles. The van der Waals surface area contributed by atoms with Gasteiger partial charge in [-0.1, -0.05) is 19.8 Å². The first-order chi connectivity index (χ1) is 7.63. The van der Waals surface area contributed by atoms with Crippen molar-refractivity contribution in [3.8, 4) is 0 Å². The van der Waals surface area contributed by atoms with Gasteiger partial charge in [-0.05, 0) is 35.3 Å². The summed E-state index contributed by atoms with van der Waals surface area (Å²) in [5, 5.41) is 2.96. The van der Waals surface area contributed by atoms with Crippen LogP contribution >= 0.6 is 15.9 Å². The molecule has 1 heterocycles. The zero-order valence-electron chi connectivity index (χ0n) is 9.66. The van der Waals surface area contributed by atoms with Gasteiger partial charge in [0.1, 0.15) is 0 Å². The fourth-order valence-corrected chi connectivity index (χ4v) is 1.79. The van der Waals surface area contributed by atoms with E-state index in [0.29, 0.717) is 5.56 Å². The quantitative estimate of drug-likeness (QED) is 0.903. The first-order valence-electron chi connectivity index (χ1n) is 5.55. The first-order valence-corrected chi connectivity index (χ1v) is 6.34. The summed E-state index contributed by atoms with van der Waals surface area (Å²) in [6, 6.07) is 1.99. The van der Waals surface area contributed by atoms with Crippen LogP contribution in [0.3, 0.4) is 0 Å². The maximum Gasteiger partial charge on any atom is 0.253 e. The van der Waals surface area contributed by atoms with Gasteiger partial charge in [0.2, 0.25) is 0 Å². The highest BCUT2D eigenvalue weighted by molar-refractivity contribution is 9.10. The summed E-state index contributed by atoms with van der Waals surface area (Å²) in [6.07, 6.45) is 6.55. The van der Waals surface area contributed by atoms with E-state index in [2.05, 4.69) is 33.2 Å². The van der Waals surface area contributed by atoms with E-state index in [-0.39, 0.29) is 11.9 Å². The molecule has 88 valence electrons. The van der Waals surface area contributed by atoms with Gasteiger partial charge in [-0.25, -0.2) is 0 Å². The number of carbonyl (C=O) groups excluding carboxylic acids is 1. The van der Waals surface area contributed by atoms with Gasteiger partial charge in [0.15, 0.2) is 0 Å². The van der Waals surface area contributed by atoms with Gasteiger partial charge < -0.3 is 5.32 Å². The second kappa shape index (κ2) is 6.63. The number of aromatic nitrogens is 1. The molecule has 0 fully saturated rings. The molecule has 0 saturated carbocycles. The third-order valence-corrected chi connectivity index (χ3v) is 2.77. The summed E-state index contributed by atoms with van der Waals surface area (Å²) in [4.78, 5) is 15.8. The van der Waals surface area contributed by atoms with Crippen molar-refractivity contribution < 1.29 is 4.79 Å². The van der Waals surface area contributed by atoms with E-state index in [1.165, 1.54) is 0 Å². The van der Waals surface area contributed by atoms with Crippen molar-refractivity contribution in [2.45, 2.75) is 39.2 Å². The minimum Gasteiger partial charge on any atom is -0.350 e. The predicted octanol–water partition coefficient (Wildman–Crippen LogP) is 3.15. The van der Waals surface area contributed by atoms with Crippen LogP contribution in [0.25, 0.3) is 0 Å². The molecule has 0 bridgehead atoms. The molecule has 16 heavy (non-hydrogen) atoms. The van der Waals surface area contributed by atoms with E-state index in [9.17, 15) is 4.79 Å². The summed E-state index contributed by atoms with van der Waals surface area (Å²) in [7, 11) is 0. The molecular formula is C12H17BrN2O. The highest BCUT2D eigenvalue weighted by Crippen LogP contribution is 2.10. The van der Waals surface area contributed by atoms with Crippen molar-refractivity contribution >= 4 is 21.8 Å². The Morgan fingerprint density at radius 3 is 2.94 bits per heavy atom. The first kappa shape index (κ1) is 13.2. The average Bonchev–Trinajstić information content (AvgIpc) is 2.26. The molecule has 1 atom stereocenters. The van der Waals surface area contributed by atoms with Gasteiger partial charge in [-0.3, -0.25) is 9.78 Å².